The van der Waals surface area contributed by atoms with Gasteiger partial charge in [-0.2, -0.15) is 0 Å². The van der Waals surface area contributed by atoms with Crippen molar-refractivity contribution in [2.24, 2.45) is 5.92 Å². The van der Waals surface area contributed by atoms with E-state index in [-0.39, 0.29) is 11.9 Å². The van der Waals surface area contributed by atoms with Crippen LogP contribution < -0.4 is 0 Å². The van der Waals surface area contributed by atoms with Crippen LogP contribution in [0.3, 0.4) is 0 Å². The SMILES string of the molecule is CCCCCCCCCCCC(O)C(CCCCCCCC)C(=O)OCC. The van der Waals surface area contributed by atoms with Gasteiger partial charge in [-0.05, 0) is 19.8 Å². The van der Waals surface area contributed by atoms with Gasteiger partial charge in [0.1, 0.15) is 0 Å². The lowest BCUT2D eigenvalue weighted by Gasteiger charge is -2.21. The Morgan fingerprint density at radius 1 is 0.667 bits per heavy atom. The third-order valence-corrected chi connectivity index (χ3v) is 5.53. The number of ether oxygens (including phenoxy) is 1. The van der Waals surface area contributed by atoms with Crippen LogP contribution in [0.4, 0.5) is 0 Å². The van der Waals surface area contributed by atoms with Crippen molar-refractivity contribution >= 4 is 5.97 Å². The van der Waals surface area contributed by atoms with Crippen LogP contribution in [0.1, 0.15) is 130 Å². The van der Waals surface area contributed by atoms with Crippen molar-refractivity contribution in [3.63, 3.8) is 0 Å². The third-order valence-electron chi connectivity index (χ3n) is 5.53. The molecule has 0 spiro atoms. The molecule has 2 unspecified atom stereocenters. The highest BCUT2D eigenvalue weighted by Gasteiger charge is 2.27. The van der Waals surface area contributed by atoms with Gasteiger partial charge < -0.3 is 9.84 Å². The molecule has 0 aromatic carbocycles. The Kier molecular flexibility index (Phi) is 19.7. The summed E-state index contributed by atoms with van der Waals surface area (Å²) in [6.45, 7) is 6.71. The Labute approximate surface area is 169 Å². The van der Waals surface area contributed by atoms with Crippen LogP contribution in [-0.4, -0.2) is 23.8 Å². The molecule has 0 saturated heterocycles. The number of rotatable bonds is 20. The minimum Gasteiger partial charge on any atom is -0.466 e. The van der Waals surface area contributed by atoms with Gasteiger partial charge in [0.05, 0.1) is 18.6 Å². The molecule has 3 nitrogen and oxygen atoms in total. The Morgan fingerprint density at radius 2 is 1.07 bits per heavy atom. The van der Waals surface area contributed by atoms with E-state index in [1.165, 1.54) is 70.6 Å². The molecule has 0 aromatic rings. The second kappa shape index (κ2) is 20.2. The Hall–Kier alpha value is -0.570. The lowest BCUT2D eigenvalue weighted by atomic mass is 9.91. The van der Waals surface area contributed by atoms with Crippen molar-refractivity contribution in [2.75, 3.05) is 6.61 Å². The fraction of sp³-hybridized carbons (Fsp3) is 0.958. The standard InChI is InChI=1S/C24H48O3/c1-4-7-9-11-13-14-15-17-19-21-23(25)22(24(26)27-6-3)20-18-16-12-10-8-5-2/h22-23,25H,4-21H2,1-3H3. The molecule has 0 rings (SSSR count). The maximum Gasteiger partial charge on any atom is 0.311 e. The summed E-state index contributed by atoms with van der Waals surface area (Å²) in [6, 6.07) is 0. The van der Waals surface area contributed by atoms with Crippen LogP contribution in [-0.2, 0) is 9.53 Å². The van der Waals surface area contributed by atoms with E-state index in [2.05, 4.69) is 13.8 Å². The number of esters is 1. The summed E-state index contributed by atoms with van der Waals surface area (Å²) in [7, 11) is 0. The highest BCUT2D eigenvalue weighted by atomic mass is 16.5. The van der Waals surface area contributed by atoms with Crippen LogP contribution in [0, 0.1) is 5.92 Å². The van der Waals surface area contributed by atoms with Gasteiger partial charge in [-0.1, -0.05) is 110 Å². The normalized spacial score (nSPS) is 13.5. The third kappa shape index (κ3) is 16.1. The van der Waals surface area contributed by atoms with E-state index >= 15 is 0 Å². The van der Waals surface area contributed by atoms with Crippen LogP contribution in [0.25, 0.3) is 0 Å². The number of aliphatic hydroxyl groups excluding tert-OH is 1. The van der Waals surface area contributed by atoms with Gasteiger partial charge in [-0.15, -0.1) is 0 Å². The second-order valence-corrected chi connectivity index (χ2v) is 8.10. The zero-order chi connectivity index (χ0) is 20.2. The molecule has 1 N–H and O–H groups in total. The molecule has 0 saturated carbocycles. The average Bonchev–Trinajstić information content (AvgIpc) is 2.66. The molecule has 0 amide bonds. The van der Waals surface area contributed by atoms with Crippen LogP contribution in [0.15, 0.2) is 0 Å². The Morgan fingerprint density at radius 3 is 1.52 bits per heavy atom. The van der Waals surface area contributed by atoms with E-state index in [4.69, 9.17) is 4.74 Å². The average molecular weight is 385 g/mol. The predicted molar refractivity (Wildman–Crippen MR) is 116 cm³/mol. The molecule has 3 heteroatoms. The summed E-state index contributed by atoms with van der Waals surface area (Å²) >= 11 is 0. The summed E-state index contributed by atoms with van der Waals surface area (Å²) < 4.78 is 5.21. The molecule has 0 aliphatic carbocycles. The lowest BCUT2D eigenvalue weighted by molar-refractivity contribution is -0.152. The molecular weight excluding hydrogens is 336 g/mol. The van der Waals surface area contributed by atoms with Crippen molar-refractivity contribution in [1.82, 2.24) is 0 Å². The number of hydrogen-bond acceptors (Lipinski definition) is 3. The van der Waals surface area contributed by atoms with Gasteiger partial charge in [0.2, 0.25) is 0 Å². The van der Waals surface area contributed by atoms with E-state index in [1.54, 1.807) is 0 Å². The molecule has 0 bridgehead atoms. The molecule has 0 fully saturated rings. The van der Waals surface area contributed by atoms with E-state index in [0.29, 0.717) is 6.61 Å². The molecule has 0 aliphatic rings. The first-order valence-electron chi connectivity index (χ1n) is 12.0. The fourth-order valence-corrected chi connectivity index (χ4v) is 3.73. The molecule has 0 heterocycles. The first-order valence-corrected chi connectivity index (χ1v) is 12.0. The molecule has 0 aromatic heterocycles. The van der Waals surface area contributed by atoms with E-state index < -0.39 is 6.10 Å². The molecule has 2 atom stereocenters. The number of unbranched alkanes of at least 4 members (excludes halogenated alkanes) is 13. The summed E-state index contributed by atoms with van der Waals surface area (Å²) in [5, 5.41) is 10.5. The van der Waals surface area contributed by atoms with Crippen LogP contribution in [0.2, 0.25) is 0 Å². The number of hydrogen-bond donors (Lipinski definition) is 1. The summed E-state index contributed by atoms with van der Waals surface area (Å²) in [6.07, 6.45) is 19.7. The smallest absolute Gasteiger partial charge is 0.311 e. The zero-order valence-corrected chi connectivity index (χ0v) is 18.6. The maximum atomic E-state index is 12.2. The molecule has 0 radical (unpaired) electrons. The van der Waals surface area contributed by atoms with Crippen molar-refractivity contribution in [2.45, 2.75) is 136 Å². The minimum absolute atomic E-state index is 0.200. The van der Waals surface area contributed by atoms with Crippen molar-refractivity contribution in [1.29, 1.82) is 0 Å². The first kappa shape index (κ1) is 26.4. The highest BCUT2D eigenvalue weighted by Crippen LogP contribution is 2.21. The quantitative estimate of drug-likeness (QED) is 0.178. The van der Waals surface area contributed by atoms with Gasteiger partial charge in [0.15, 0.2) is 0 Å². The van der Waals surface area contributed by atoms with Crippen LogP contribution in [0.5, 0.6) is 0 Å². The molecule has 162 valence electrons. The minimum atomic E-state index is -0.538. The highest BCUT2D eigenvalue weighted by molar-refractivity contribution is 5.73. The predicted octanol–water partition coefficient (Wildman–Crippen LogP) is 7.20. The Bertz CT molecular complexity index is 317. The molecule has 0 aliphatic heterocycles. The van der Waals surface area contributed by atoms with Crippen molar-refractivity contribution in [3.05, 3.63) is 0 Å². The van der Waals surface area contributed by atoms with Gasteiger partial charge in [-0.3, -0.25) is 4.79 Å². The number of aliphatic hydroxyl groups is 1. The first-order chi connectivity index (χ1) is 13.2. The summed E-state index contributed by atoms with van der Waals surface area (Å²) in [5.41, 5.74) is 0. The number of carbonyl (C=O) groups excluding carboxylic acids is 1. The second-order valence-electron chi connectivity index (χ2n) is 8.10. The van der Waals surface area contributed by atoms with Crippen molar-refractivity contribution in [3.8, 4) is 0 Å². The number of carbonyl (C=O) groups is 1. The summed E-state index contributed by atoms with van der Waals surface area (Å²) in [5.74, 6) is -0.528. The van der Waals surface area contributed by atoms with Crippen LogP contribution >= 0.6 is 0 Å². The lowest BCUT2D eigenvalue weighted by Crippen LogP contribution is -2.30. The largest absolute Gasteiger partial charge is 0.466 e. The van der Waals surface area contributed by atoms with Gasteiger partial charge in [-0.25, -0.2) is 0 Å². The zero-order valence-electron chi connectivity index (χ0n) is 18.6. The van der Waals surface area contributed by atoms with Gasteiger partial charge in [0, 0.05) is 0 Å². The van der Waals surface area contributed by atoms with Gasteiger partial charge in [0.25, 0.3) is 0 Å². The Balaban J connectivity index is 3.95. The molecule has 27 heavy (non-hydrogen) atoms. The van der Waals surface area contributed by atoms with E-state index in [1.807, 2.05) is 6.92 Å². The molecular formula is C24H48O3. The summed E-state index contributed by atoms with van der Waals surface area (Å²) in [4.78, 5) is 12.2. The van der Waals surface area contributed by atoms with Gasteiger partial charge >= 0.3 is 5.97 Å². The topological polar surface area (TPSA) is 46.5 Å². The maximum absolute atomic E-state index is 12.2. The van der Waals surface area contributed by atoms with E-state index in [0.717, 1.165) is 38.5 Å². The monoisotopic (exact) mass is 384 g/mol. The van der Waals surface area contributed by atoms with E-state index in [9.17, 15) is 9.90 Å². The fourth-order valence-electron chi connectivity index (χ4n) is 3.73. The van der Waals surface area contributed by atoms with Crippen molar-refractivity contribution < 1.29 is 14.6 Å².